The molecule has 0 amide bonds. The molecule has 0 aromatic rings. The van der Waals surface area contributed by atoms with E-state index in [1.807, 2.05) is 21.1 Å². The lowest BCUT2D eigenvalue weighted by atomic mass is 10.0. The molecule has 0 rings (SSSR count). The van der Waals surface area contributed by atoms with Gasteiger partial charge in [-0.05, 0) is 122 Å². The smallest absolute Gasteiger partial charge is 0.462 e. The molecule has 88 heavy (non-hydrogen) atoms. The molecule has 0 aromatic heterocycles. The average Bonchev–Trinajstić information content (AvgIpc) is 3.58. The number of allylic oxidation sites excluding steroid dienone is 28. The summed E-state index contributed by atoms with van der Waals surface area (Å²) in [6.45, 7) is 4.13. The van der Waals surface area contributed by atoms with Crippen LogP contribution in [0.15, 0.2) is 170 Å². The second-order valence-electron chi connectivity index (χ2n) is 23.8. The number of unbranched alkanes of at least 4 members (excludes halogenated alkanes) is 20. The molecular weight excluding hydrogens is 1110 g/mol. The molecule has 498 valence electrons. The standard InChI is InChI=1S/C78H128NO8P/c1-6-8-10-12-14-16-18-20-22-24-26-28-30-31-32-33-34-35-36-37-38-39-40-41-42-43-44-45-46-47-49-51-53-55-57-59-61-63-65-67-69-71-78(81)87-76(75-86-88(82,83)85-73-72-79(3,4)5)74-84-77(80)70-68-66-64-62-60-58-56-54-52-50-48-29-27-25-23-21-19-17-15-13-11-9-7-2/h8-11,14-17,20-23,26-29,31-32,34-35,37-38,50,52,56,58,62,64,76H,6-7,12-13,18-19,24-25,30,33,36,39-49,51,53-55,57,59-61,63,65-75H2,1-5H3/p+1/b10-8-,11-9-,16-14-,17-15-,22-20-,23-21-,28-26-,29-27-,32-31-,35-34-,38-37-,52-50-,58-56-,64-62-. The number of hydrogen-bond donors (Lipinski definition) is 1. The predicted molar refractivity (Wildman–Crippen MR) is 380 cm³/mol. The van der Waals surface area contributed by atoms with Crippen LogP contribution in [0.5, 0.6) is 0 Å². The SMILES string of the molecule is CC/C=C\C/C=C\C/C=C\C/C=C\C/C=C\C/C=C\C/C=C\CCCCCCCCCCCCCCCCCCCCCC(=O)OC(COC(=O)CCC/C=C\C/C=C\C/C=C\C/C=C\C/C=C\C/C=C\C/C=C\CC)COP(=O)(O)OCC[N+](C)(C)C. The summed E-state index contributed by atoms with van der Waals surface area (Å²) in [7, 11) is 1.43. The second kappa shape index (κ2) is 66.8. The number of esters is 2. The number of phosphoric ester groups is 1. The highest BCUT2D eigenvalue weighted by Crippen LogP contribution is 2.43. The third-order valence-electron chi connectivity index (χ3n) is 14.2. The molecule has 0 aromatic carbocycles. The van der Waals surface area contributed by atoms with Crippen LogP contribution < -0.4 is 0 Å². The monoisotopic (exact) mass is 1240 g/mol. The van der Waals surface area contributed by atoms with Crippen LogP contribution in [-0.2, 0) is 32.7 Å². The molecule has 0 aliphatic carbocycles. The summed E-state index contributed by atoms with van der Waals surface area (Å²) in [5, 5.41) is 0. The number of carbonyl (C=O) groups excluding carboxylic acids is 2. The van der Waals surface area contributed by atoms with E-state index in [9.17, 15) is 19.0 Å². The molecule has 0 fully saturated rings. The van der Waals surface area contributed by atoms with Gasteiger partial charge in [0.15, 0.2) is 6.10 Å². The second-order valence-corrected chi connectivity index (χ2v) is 25.3. The lowest BCUT2D eigenvalue weighted by Crippen LogP contribution is -2.37. The van der Waals surface area contributed by atoms with Crippen molar-refractivity contribution < 1.29 is 42.1 Å². The zero-order valence-electron chi connectivity index (χ0n) is 56.6. The van der Waals surface area contributed by atoms with Gasteiger partial charge >= 0.3 is 19.8 Å². The summed E-state index contributed by atoms with van der Waals surface area (Å²) in [5.41, 5.74) is 0. The third-order valence-corrected chi connectivity index (χ3v) is 15.2. The first-order valence-corrected chi connectivity index (χ1v) is 36.4. The molecule has 0 saturated heterocycles. The van der Waals surface area contributed by atoms with Crippen molar-refractivity contribution in [2.45, 2.75) is 264 Å². The van der Waals surface area contributed by atoms with Gasteiger partial charge in [-0.1, -0.05) is 293 Å². The summed E-state index contributed by atoms with van der Waals surface area (Å²) in [6, 6.07) is 0. The number of quaternary nitrogens is 1. The fourth-order valence-corrected chi connectivity index (χ4v) is 9.73. The zero-order chi connectivity index (χ0) is 64.1. The molecule has 0 heterocycles. The molecule has 0 saturated carbocycles. The molecule has 0 radical (unpaired) electrons. The zero-order valence-corrected chi connectivity index (χ0v) is 57.5. The van der Waals surface area contributed by atoms with Gasteiger partial charge < -0.3 is 18.9 Å². The molecular formula is C78H129NO8P+. The molecule has 1 N–H and O–H groups in total. The van der Waals surface area contributed by atoms with Crippen LogP contribution in [0.1, 0.15) is 258 Å². The van der Waals surface area contributed by atoms with Gasteiger partial charge in [0.05, 0.1) is 27.7 Å². The molecule has 9 nitrogen and oxygen atoms in total. The number of phosphoric acid groups is 1. The van der Waals surface area contributed by atoms with Gasteiger partial charge in [-0.25, -0.2) is 4.57 Å². The Balaban J connectivity index is 4.08. The molecule has 2 atom stereocenters. The maximum absolute atomic E-state index is 12.9. The highest BCUT2D eigenvalue weighted by atomic mass is 31.2. The van der Waals surface area contributed by atoms with Crippen molar-refractivity contribution >= 4 is 19.8 Å². The van der Waals surface area contributed by atoms with Gasteiger partial charge in [0.25, 0.3) is 0 Å². The van der Waals surface area contributed by atoms with Crippen LogP contribution in [0.4, 0.5) is 0 Å². The van der Waals surface area contributed by atoms with Gasteiger partial charge in [0.1, 0.15) is 19.8 Å². The van der Waals surface area contributed by atoms with Gasteiger partial charge in [-0.15, -0.1) is 0 Å². The average molecular weight is 1240 g/mol. The fraction of sp³-hybridized carbons (Fsp3) is 0.615. The van der Waals surface area contributed by atoms with E-state index in [-0.39, 0.29) is 26.1 Å². The fourth-order valence-electron chi connectivity index (χ4n) is 8.99. The maximum Gasteiger partial charge on any atom is 0.472 e. The van der Waals surface area contributed by atoms with Gasteiger partial charge in [0.2, 0.25) is 0 Å². The number of rotatable bonds is 62. The van der Waals surface area contributed by atoms with Gasteiger partial charge in [-0.3, -0.25) is 18.6 Å². The minimum Gasteiger partial charge on any atom is -0.462 e. The Labute approximate surface area is 540 Å². The summed E-state index contributed by atoms with van der Waals surface area (Å²) in [5.74, 6) is -0.872. The minimum atomic E-state index is -4.41. The first kappa shape index (κ1) is 83.4. The first-order valence-electron chi connectivity index (χ1n) is 34.9. The van der Waals surface area contributed by atoms with Crippen molar-refractivity contribution in [1.29, 1.82) is 0 Å². The van der Waals surface area contributed by atoms with E-state index in [4.69, 9.17) is 18.5 Å². The highest BCUT2D eigenvalue weighted by Gasteiger charge is 2.27. The van der Waals surface area contributed by atoms with Crippen molar-refractivity contribution in [2.75, 3.05) is 47.5 Å². The van der Waals surface area contributed by atoms with E-state index in [0.717, 1.165) is 116 Å². The van der Waals surface area contributed by atoms with E-state index in [1.165, 1.54) is 103 Å². The third kappa shape index (κ3) is 70.5. The normalized spacial score (nSPS) is 14.2. The molecule has 0 aliphatic heterocycles. The molecule has 0 bridgehead atoms. The molecule has 10 heteroatoms. The Morgan fingerprint density at radius 1 is 0.352 bits per heavy atom. The van der Waals surface area contributed by atoms with Gasteiger partial charge in [-0.2, -0.15) is 0 Å². The largest absolute Gasteiger partial charge is 0.472 e. The topological polar surface area (TPSA) is 108 Å². The van der Waals surface area contributed by atoms with Crippen LogP contribution in [0, 0.1) is 0 Å². The molecule has 0 aliphatic rings. The quantitative estimate of drug-likeness (QED) is 0.0211. The Kier molecular flexibility index (Phi) is 63.3. The summed E-state index contributed by atoms with van der Waals surface area (Å²) in [6.07, 6.45) is 102. The number of carbonyl (C=O) groups is 2. The van der Waals surface area contributed by atoms with E-state index in [0.29, 0.717) is 23.9 Å². The summed E-state index contributed by atoms with van der Waals surface area (Å²) < 4.78 is 34.6. The summed E-state index contributed by atoms with van der Waals surface area (Å²) >= 11 is 0. The number of ether oxygens (including phenoxy) is 2. The van der Waals surface area contributed by atoms with E-state index >= 15 is 0 Å². The van der Waals surface area contributed by atoms with Crippen LogP contribution in [0.2, 0.25) is 0 Å². The lowest BCUT2D eigenvalue weighted by Gasteiger charge is -2.24. The summed E-state index contributed by atoms with van der Waals surface area (Å²) in [4.78, 5) is 35.8. The Morgan fingerprint density at radius 3 is 0.943 bits per heavy atom. The molecule has 0 spiro atoms. The van der Waals surface area contributed by atoms with Crippen molar-refractivity contribution in [3.8, 4) is 0 Å². The van der Waals surface area contributed by atoms with Crippen LogP contribution >= 0.6 is 7.82 Å². The van der Waals surface area contributed by atoms with E-state index < -0.39 is 32.5 Å². The Bertz CT molecular complexity index is 2090. The Hall–Kier alpha value is -4.63. The minimum absolute atomic E-state index is 0.0154. The van der Waals surface area contributed by atoms with Crippen molar-refractivity contribution in [2.24, 2.45) is 0 Å². The first-order chi connectivity index (χ1) is 43.0. The number of nitrogens with zero attached hydrogens (tertiary/aromatic N) is 1. The predicted octanol–water partition coefficient (Wildman–Crippen LogP) is 22.9. The van der Waals surface area contributed by atoms with Crippen LogP contribution in [0.25, 0.3) is 0 Å². The lowest BCUT2D eigenvalue weighted by molar-refractivity contribution is -0.870. The van der Waals surface area contributed by atoms with E-state index in [1.54, 1.807) is 0 Å². The Morgan fingerprint density at radius 2 is 0.625 bits per heavy atom. The molecule has 2 unspecified atom stereocenters. The number of hydrogen-bond acceptors (Lipinski definition) is 7. The van der Waals surface area contributed by atoms with E-state index in [2.05, 4.69) is 184 Å². The number of likely N-dealkylation sites (N-methyl/N-ethyl adjacent to an activating group) is 1. The van der Waals surface area contributed by atoms with Crippen LogP contribution in [0.3, 0.4) is 0 Å². The van der Waals surface area contributed by atoms with Gasteiger partial charge in [0, 0.05) is 12.8 Å². The van der Waals surface area contributed by atoms with Crippen LogP contribution in [-0.4, -0.2) is 74.9 Å². The highest BCUT2D eigenvalue weighted by molar-refractivity contribution is 7.47. The van der Waals surface area contributed by atoms with Crippen molar-refractivity contribution in [3.05, 3.63) is 170 Å². The van der Waals surface area contributed by atoms with Crippen molar-refractivity contribution in [3.63, 3.8) is 0 Å². The maximum atomic E-state index is 12.9. The van der Waals surface area contributed by atoms with Crippen molar-refractivity contribution in [1.82, 2.24) is 0 Å².